The van der Waals surface area contributed by atoms with Gasteiger partial charge in [-0.3, -0.25) is 4.79 Å². The van der Waals surface area contributed by atoms with Crippen molar-refractivity contribution in [1.29, 1.82) is 0 Å². The van der Waals surface area contributed by atoms with Gasteiger partial charge in [0, 0.05) is 25.3 Å². The van der Waals surface area contributed by atoms with Crippen LogP contribution >= 0.6 is 0 Å². The Labute approximate surface area is 107 Å². The molecule has 0 atom stereocenters. The maximum atomic E-state index is 12.4. The van der Waals surface area contributed by atoms with Gasteiger partial charge in [-0.1, -0.05) is 6.07 Å². The summed E-state index contributed by atoms with van der Waals surface area (Å²) in [6.45, 7) is 2.96. The molecule has 2 rings (SSSR count). The van der Waals surface area contributed by atoms with Crippen LogP contribution in [0.5, 0.6) is 5.75 Å². The summed E-state index contributed by atoms with van der Waals surface area (Å²) in [5.41, 5.74) is 1.32. The molecule has 1 aliphatic carbocycles. The van der Waals surface area contributed by atoms with E-state index >= 15 is 0 Å². The Hall–Kier alpha value is -1.55. The minimum atomic E-state index is -0.0233. The fraction of sp³-hybridized carbons (Fsp3) is 0.500. The van der Waals surface area contributed by atoms with Crippen LogP contribution in [0.2, 0.25) is 0 Å². The van der Waals surface area contributed by atoms with Crippen LogP contribution in [0.1, 0.15) is 28.8 Å². The molecule has 1 amide bonds. The quantitative estimate of drug-likeness (QED) is 0.867. The second-order valence-electron chi connectivity index (χ2n) is 4.72. The number of benzene rings is 1. The Morgan fingerprint density at radius 3 is 2.78 bits per heavy atom. The molecule has 0 unspecified atom stereocenters. The highest BCUT2D eigenvalue weighted by Gasteiger charge is 2.32. The standard InChI is InChI=1S/C14H19NO3/c1-10-3-4-11(9-13(10)16)14(17)15(7-8-18-2)12-5-6-12/h3-4,9,12,16H,5-8H2,1-2H3. The Kier molecular flexibility index (Phi) is 3.87. The minimum absolute atomic E-state index is 0.0233. The average Bonchev–Trinajstić information content (AvgIpc) is 3.17. The van der Waals surface area contributed by atoms with Crippen LogP contribution in [-0.2, 0) is 4.74 Å². The van der Waals surface area contributed by atoms with Gasteiger partial charge in [-0.2, -0.15) is 0 Å². The number of phenolic OH excluding ortho intramolecular Hbond substituents is 1. The van der Waals surface area contributed by atoms with Gasteiger partial charge in [0.2, 0.25) is 0 Å². The van der Waals surface area contributed by atoms with Gasteiger partial charge >= 0.3 is 0 Å². The van der Waals surface area contributed by atoms with Crippen LogP contribution in [0.4, 0.5) is 0 Å². The number of rotatable bonds is 5. The van der Waals surface area contributed by atoms with Crippen LogP contribution in [-0.4, -0.2) is 42.2 Å². The SMILES string of the molecule is COCCN(C(=O)c1ccc(C)c(O)c1)C1CC1. The lowest BCUT2D eigenvalue weighted by Gasteiger charge is -2.22. The summed E-state index contributed by atoms with van der Waals surface area (Å²) in [5.74, 6) is 0.146. The van der Waals surface area contributed by atoms with Crippen LogP contribution in [0, 0.1) is 6.92 Å². The molecule has 1 aromatic carbocycles. The van der Waals surface area contributed by atoms with E-state index in [1.807, 2.05) is 11.8 Å². The Bertz CT molecular complexity index is 441. The summed E-state index contributed by atoms with van der Waals surface area (Å²) in [5, 5.41) is 9.67. The van der Waals surface area contributed by atoms with Gasteiger partial charge in [-0.05, 0) is 37.5 Å². The molecule has 0 bridgehead atoms. The van der Waals surface area contributed by atoms with Crippen LogP contribution in [0.3, 0.4) is 0 Å². The van der Waals surface area contributed by atoms with E-state index in [0.29, 0.717) is 24.8 Å². The Morgan fingerprint density at radius 1 is 1.50 bits per heavy atom. The van der Waals surface area contributed by atoms with Crippen molar-refractivity contribution in [1.82, 2.24) is 4.90 Å². The third-order valence-electron chi connectivity index (χ3n) is 3.24. The molecule has 4 nitrogen and oxygen atoms in total. The Balaban J connectivity index is 2.13. The second kappa shape index (κ2) is 5.40. The first-order valence-corrected chi connectivity index (χ1v) is 6.23. The molecule has 18 heavy (non-hydrogen) atoms. The number of hydrogen-bond donors (Lipinski definition) is 1. The van der Waals surface area contributed by atoms with Crippen molar-refractivity contribution in [3.05, 3.63) is 29.3 Å². The molecule has 0 heterocycles. The van der Waals surface area contributed by atoms with Crippen LogP contribution in [0.25, 0.3) is 0 Å². The number of ether oxygens (including phenoxy) is 1. The van der Waals surface area contributed by atoms with E-state index in [4.69, 9.17) is 4.74 Å². The maximum absolute atomic E-state index is 12.4. The number of hydrogen-bond acceptors (Lipinski definition) is 3. The van der Waals surface area contributed by atoms with Gasteiger partial charge in [-0.15, -0.1) is 0 Å². The van der Waals surface area contributed by atoms with Gasteiger partial charge in [0.1, 0.15) is 5.75 Å². The summed E-state index contributed by atoms with van der Waals surface area (Å²) >= 11 is 0. The van der Waals surface area contributed by atoms with E-state index < -0.39 is 0 Å². The Morgan fingerprint density at radius 2 is 2.22 bits per heavy atom. The smallest absolute Gasteiger partial charge is 0.254 e. The highest BCUT2D eigenvalue weighted by molar-refractivity contribution is 5.95. The molecule has 1 aromatic rings. The summed E-state index contributed by atoms with van der Waals surface area (Å²) in [6.07, 6.45) is 2.13. The number of amides is 1. The number of aromatic hydroxyl groups is 1. The van der Waals surface area contributed by atoms with Crippen LogP contribution < -0.4 is 0 Å². The number of carbonyl (C=O) groups is 1. The van der Waals surface area contributed by atoms with Gasteiger partial charge in [0.15, 0.2) is 0 Å². The largest absolute Gasteiger partial charge is 0.508 e. The lowest BCUT2D eigenvalue weighted by molar-refractivity contribution is 0.0680. The lowest BCUT2D eigenvalue weighted by atomic mass is 10.1. The molecule has 0 aromatic heterocycles. The van der Waals surface area contributed by atoms with Crippen LogP contribution in [0.15, 0.2) is 18.2 Å². The predicted molar refractivity (Wildman–Crippen MR) is 68.8 cm³/mol. The van der Waals surface area contributed by atoms with Gasteiger partial charge in [-0.25, -0.2) is 0 Å². The molecular weight excluding hydrogens is 230 g/mol. The molecule has 1 N–H and O–H groups in total. The molecule has 4 heteroatoms. The first-order valence-electron chi connectivity index (χ1n) is 6.23. The fourth-order valence-electron chi connectivity index (χ4n) is 1.93. The monoisotopic (exact) mass is 249 g/mol. The zero-order valence-electron chi connectivity index (χ0n) is 10.8. The van der Waals surface area contributed by atoms with Gasteiger partial charge < -0.3 is 14.7 Å². The molecule has 0 aliphatic heterocycles. The van der Waals surface area contributed by atoms with Crippen molar-refractivity contribution < 1.29 is 14.6 Å². The molecule has 1 saturated carbocycles. The highest BCUT2D eigenvalue weighted by atomic mass is 16.5. The average molecular weight is 249 g/mol. The van der Waals surface area contributed by atoms with Crippen molar-refractivity contribution in [3.63, 3.8) is 0 Å². The first kappa shape index (κ1) is 12.9. The number of methoxy groups -OCH3 is 1. The number of carbonyl (C=O) groups excluding carboxylic acids is 1. The van der Waals surface area contributed by atoms with E-state index in [9.17, 15) is 9.90 Å². The van der Waals surface area contributed by atoms with Gasteiger partial charge in [0.05, 0.1) is 6.61 Å². The van der Waals surface area contributed by atoms with E-state index in [-0.39, 0.29) is 11.7 Å². The zero-order valence-corrected chi connectivity index (χ0v) is 10.8. The van der Waals surface area contributed by atoms with Crippen molar-refractivity contribution in [2.75, 3.05) is 20.3 Å². The number of aryl methyl sites for hydroxylation is 1. The number of phenols is 1. The number of nitrogens with zero attached hydrogens (tertiary/aromatic N) is 1. The third-order valence-corrected chi connectivity index (χ3v) is 3.24. The summed E-state index contributed by atoms with van der Waals surface area (Å²) in [7, 11) is 1.63. The molecular formula is C14H19NO3. The molecule has 0 spiro atoms. The van der Waals surface area contributed by atoms with E-state index in [1.165, 1.54) is 0 Å². The summed E-state index contributed by atoms with van der Waals surface area (Å²) in [4.78, 5) is 14.2. The van der Waals surface area contributed by atoms with E-state index in [2.05, 4.69) is 0 Å². The molecule has 1 aliphatic rings. The normalized spacial score (nSPS) is 14.6. The summed E-state index contributed by atoms with van der Waals surface area (Å²) < 4.78 is 5.04. The minimum Gasteiger partial charge on any atom is -0.508 e. The molecule has 98 valence electrons. The molecule has 1 fully saturated rings. The summed E-state index contributed by atoms with van der Waals surface area (Å²) in [6, 6.07) is 5.42. The van der Waals surface area contributed by atoms with E-state index in [0.717, 1.165) is 18.4 Å². The van der Waals surface area contributed by atoms with Crippen molar-refractivity contribution in [3.8, 4) is 5.75 Å². The topological polar surface area (TPSA) is 49.8 Å². The highest BCUT2D eigenvalue weighted by Crippen LogP contribution is 2.29. The van der Waals surface area contributed by atoms with Crippen molar-refractivity contribution in [2.45, 2.75) is 25.8 Å². The molecule has 0 saturated heterocycles. The van der Waals surface area contributed by atoms with E-state index in [1.54, 1.807) is 25.3 Å². The van der Waals surface area contributed by atoms with Crippen molar-refractivity contribution >= 4 is 5.91 Å². The molecule has 0 radical (unpaired) electrons. The van der Waals surface area contributed by atoms with Gasteiger partial charge in [0.25, 0.3) is 5.91 Å². The second-order valence-corrected chi connectivity index (χ2v) is 4.72. The lowest BCUT2D eigenvalue weighted by Crippen LogP contribution is -2.35. The third kappa shape index (κ3) is 2.82. The zero-order chi connectivity index (χ0) is 13.1. The first-order chi connectivity index (χ1) is 8.63. The van der Waals surface area contributed by atoms with Crippen molar-refractivity contribution in [2.24, 2.45) is 0 Å². The predicted octanol–water partition coefficient (Wildman–Crippen LogP) is 1.95. The fourth-order valence-corrected chi connectivity index (χ4v) is 1.93. The maximum Gasteiger partial charge on any atom is 0.254 e.